The Labute approximate surface area is 122 Å². The molecule has 0 atom stereocenters. The van der Waals surface area contributed by atoms with Gasteiger partial charge in [0, 0.05) is 49.7 Å². The number of benzene rings is 1. The molecule has 2 heterocycles. The Morgan fingerprint density at radius 3 is 2.85 bits per heavy atom. The second kappa shape index (κ2) is 5.31. The van der Waals surface area contributed by atoms with E-state index in [1.165, 1.54) is 6.07 Å². The summed E-state index contributed by atoms with van der Waals surface area (Å²) in [4.78, 5) is 13.9. The van der Waals surface area contributed by atoms with Crippen LogP contribution in [-0.2, 0) is 11.3 Å². The van der Waals surface area contributed by atoms with Gasteiger partial charge in [-0.1, -0.05) is 17.7 Å². The molecule has 0 saturated carbocycles. The third kappa shape index (κ3) is 2.41. The third-order valence-electron chi connectivity index (χ3n) is 4.18. The van der Waals surface area contributed by atoms with E-state index in [0.717, 1.165) is 13.1 Å². The number of nitrogens with zero attached hydrogens (tertiary/aromatic N) is 1. The normalized spacial score (nSPS) is 22.2. The number of nitrogens with one attached hydrogen (secondary N) is 2. The van der Waals surface area contributed by atoms with Crippen molar-refractivity contribution in [1.82, 2.24) is 15.5 Å². The average molecular weight is 298 g/mol. The Hall–Kier alpha value is -1.17. The molecule has 1 aromatic carbocycles. The van der Waals surface area contributed by atoms with Crippen LogP contribution in [0.25, 0.3) is 0 Å². The van der Waals surface area contributed by atoms with Crippen molar-refractivity contribution in [3.05, 3.63) is 34.6 Å². The summed E-state index contributed by atoms with van der Waals surface area (Å²) >= 11 is 6.11. The van der Waals surface area contributed by atoms with Gasteiger partial charge in [0.1, 0.15) is 5.82 Å². The molecular weight excluding hydrogens is 281 g/mol. The predicted molar refractivity (Wildman–Crippen MR) is 75.0 cm³/mol. The van der Waals surface area contributed by atoms with Crippen LogP contribution in [0.3, 0.4) is 0 Å². The van der Waals surface area contributed by atoms with Crippen molar-refractivity contribution in [2.24, 2.45) is 0 Å². The predicted octanol–water partition coefficient (Wildman–Crippen LogP) is 1.14. The lowest BCUT2D eigenvalue weighted by Gasteiger charge is -2.49. The van der Waals surface area contributed by atoms with Crippen LogP contribution in [0.15, 0.2) is 18.2 Å². The largest absolute Gasteiger partial charge is 0.355 e. The van der Waals surface area contributed by atoms with Crippen LogP contribution < -0.4 is 10.6 Å². The Morgan fingerprint density at radius 2 is 2.20 bits per heavy atom. The number of hydrogen-bond acceptors (Lipinski definition) is 3. The van der Waals surface area contributed by atoms with Gasteiger partial charge in [-0.2, -0.15) is 0 Å². The van der Waals surface area contributed by atoms with E-state index in [2.05, 4.69) is 15.5 Å². The highest BCUT2D eigenvalue weighted by Gasteiger charge is 2.45. The molecule has 2 aliphatic rings. The van der Waals surface area contributed by atoms with Crippen molar-refractivity contribution in [1.29, 1.82) is 0 Å². The molecule has 0 bridgehead atoms. The first-order valence-corrected chi connectivity index (χ1v) is 7.14. The van der Waals surface area contributed by atoms with Crippen molar-refractivity contribution < 1.29 is 9.18 Å². The summed E-state index contributed by atoms with van der Waals surface area (Å²) in [5, 5.41) is 6.54. The maximum Gasteiger partial charge on any atom is 0.222 e. The van der Waals surface area contributed by atoms with Crippen LogP contribution >= 0.6 is 11.6 Å². The first kappa shape index (κ1) is 13.8. The molecule has 3 rings (SSSR count). The van der Waals surface area contributed by atoms with Crippen LogP contribution in [0, 0.1) is 5.82 Å². The van der Waals surface area contributed by atoms with Crippen molar-refractivity contribution in [2.75, 3.05) is 26.2 Å². The minimum Gasteiger partial charge on any atom is -0.355 e. The number of hydrogen-bond donors (Lipinski definition) is 2. The summed E-state index contributed by atoms with van der Waals surface area (Å²) in [5.41, 5.74) is 0.307. The SMILES string of the molecule is O=C1CC2(CNC2)N(Cc2c(F)cccc2Cl)CCN1. The lowest BCUT2D eigenvalue weighted by atomic mass is 9.86. The monoisotopic (exact) mass is 297 g/mol. The zero-order valence-electron chi connectivity index (χ0n) is 11.1. The van der Waals surface area contributed by atoms with Crippen LogP contribution in [0.4, 0.5) is 4.39 Å². The first-order valence-electron chi connectivity index (χ1n) is 6.76. The van der Waals surface area contributed by atoms with Gasteiger partial charge in [0.2, 0.25) is 5.91 Å². The van der Waals surface area contributed by atoms with E-state index in [1.54, 1.807) is 12.1 Å². The van der Waals surface area contributed by atoms with E-state index in [1.807, 2.05) is 0 Å². The van der Waals surface area contributed by atoms with Crippen molar-refractivity contribution in [3.63, 3.8) is 0 Å². The third-order valence-corrected chi connectivity index (χ3v) is 4.54. The molecule has 2 N–H and O–H groups in total. The summed E-state index contributed by atoms with van der Waals surface area (Å²) in [6.45, 7) is 3.24. The van der Waals surface area contributed by atoms with E-state index in [9.17, 15) is 9.18 Å². The van der Waals surface area contributed by atoms with E-state index in [0.29, 0.717) is 36.6 Å². The molecule has 0 unspecified atom stereocenters. The Morgan fingerprint density at radius 1 is 1.40 bits per heavy atom. The molecule has 2 aliphatic heterocycles. The van der Waals surface area contributed by atoms with E-state index in [-0.39, 0.29) is 17.3 Å². The quantitative estimate of drug-likeness (QED) is 0.860. The summed E-state index contributed by atoms with van der Waals surface area (Å²) in [5.74, 6) is -0.225. The lowest BCUT2D eigenvalue weighted by Crippen LogP contribution is -2.69. The fourth-order valence-corrected chi connectivity index (χ4v) is 3.15. The van der Waals surface area contributed by atoms with E-state index in [4.69, 9.17) is 11.6 Å². The summed E-state index contributed by atoms with van der Waals surface area (Å²) in [7, 11) is 0. The molecule has 0 aromatic heterocycles. The highest BCUT2D eigenvalue weighted by molar-refractivity contribution is 6.31. The maximum absolute atomic E-state index is 13.9. The molecule has 2 saturated heterocycles. The van der Waals surface area contributed by atoms with Crippen LogP contribution in [0.2, 0.25) is 5.02 Å². The minimum absolute atomic E-state index is 0.0635. The fraction of sp³-hybridized carbons (Fsp3) is 0.500. The van der Waals surface area contributed by atoms with Gasteiger partial charge in [0.15, 0.2) is 0 Å². The second-order valence-corrected chi connectivity index (χ2v) is 5.88. The zero-order valence-corrected chi connectivity index (χ0v) is 11.8. The number of rotatable bonds is 2. The molecule has 108 valence electrons. The molecule has 0 radical (unpaired) electrons. The molecule has 0 aliphatic carbocycles. The van der Waals surface area contributed by atoms with Crippen molar-refractivity contribution >= 4 is 17.5 Å². The molecule has 6 heteroatoms. The highest BCUT2D eigenvalue weighted by atomic mass is 35.5. The van der Waals surface area contributed by atoms with Crippen LogP contribution in [0.5, 0.6) is 0 Å². The lowest BCUT2D eigenvalue weighted by molar-refractivity contribution is -0.123. The van der Waals surface area contributed by atoms with Gasteiger partial charge in [0.05, 0.1) is 5.54 Å². The van der Waals surface area contributed by atoms with Gasteiger partial charge < -0.3 is 10.6 Å². The molecule has 1 spiro atoms. The summed E-state index contributed by atoms with van der Waals surface area (Å²) in [6.07, 6.45) is 0.450. The van der Waals surface area contributed by atoms with Gasteiger partial charge in [0.25, 0.3) is 0 Å². The first-order chi connectivity index (χ1) is 9.61. The fourth-order valence-electron chi connectivity index (χ4n) is 2.92. The molecule has 4 nitrogen and oxygen atoms in total. The molecule has 20 heavy (non-hydrogen) atoms. The maximum atomic E-state index is 13.9. The van der Waals surface area contributed by atoms with Gasteiger partial charge in [-0.15, -0.1) is 0 Å². The van der Waals surface area contributed by atoms with Crippen molar-refractivity contribution in [3.8, 4) is 0 Å². The van der Waals surface area contributed by atoms with Crippen molar-refractivity contribution in [2.45, 2.75) is 18.5 Å². The number of halogens is 2. The Kier molecular flexibility index (Phi) is 3.67. The Balaban J connectivity index is 1.86. The molecule has 2 fully saturated rings. The number of amides is 1. The summed E-state index contributed by atoms with van der Waals surface area (Å²) < 4.78 is 13.9. The van der Waals surface area contributed by atoms with E-state index < -0.39 is 0 Å². The summed E-state index contributed by atoms with van der Waals surface area (Å²) in [6, 6.07) is 4.73. The number of carbonyl (C=O) groups excluding carboxylic acids is 1. The standard InChI is InChI=1S/C14H17ClFN3O/c15-11-2-1-3-12(16)10(11)7-19-5-4-18-13(20)6-14(19)8-17-9-14/h1-3,17H,4-9H2,(H,18,20). The van der Waals surface area contributed by atoms with Gasteiger partial charge in [-0.05, 0) is 12.1 Å². The molecule has 1 amide bonds. The Bertz CT molecular complexity index is 513. The highest BCUT2D eigenvalue weighted by Crippen LogP contribution is 2.30. The molecule has 1 aromatic rings. The van der Waals surface area contributed by atoms with Gasteiger partial charge in [-0.3, -0.25) is 9.69 Å². The second-order valence-electron chi connectivity index (χ2n) is 5.48. The number of carbonyl (C=O) groups is 1. The smallest absolute Gasteiger partial charge is 0.222 e. The van der Waals surface area contributed by atoms with E-state index >= 15 is 0 Å². The van der Waals surface area contributed by atoms with Crippen LogP contribution in [-0.4, -0.2) is 42.5 Å². The van der Waals surface area contributed by atoms with Gasteiger partial charge in [-0.25, -0.2) is 4.39 Å². The van der Waals surface area contributed by atoms with Gasteiger partial charge >= 0.3 is 0 Å². The minimum atomic E-state index is -0.288. The van der Waals surface area contributed by atoms with Crippen LogP contribution in [0.1, 0.15) is 12.0 Å². The topological polar surface area (TPSA) is 44.4 Å². The molecular formula is C14H17ClFN3O. The zero-order chi connectivity index (χ0) is 14.2. The average Bonchev–Trinajstić information content (AvgIpc) is 2.53.